The number of carbonyl (C=O) groups is 1. The van der Waals surface area contributed by atoms with Crippen LogP contribution in [0.1, 0.15) is 12.8 Å². The fraction of sp³-hybridized carbons (Fsp3) is 0.423. The van der Waals surface area contributed by atoms with Gasteiger partial charge >= 0.3 is 0 Å². The van der Waals surface area contributed by atoms with Gasteiger partial charge in [0.15, 0.2) is 10.9 Å². The van der Waals surface area contributed by atoms with Crippen LogP contribution in [0.25, 0.3) is 10.8 Å². The first kappa shape index (κ1) is 26.7. The first-order valence-electron chi connectivity index (χ1n) is 12.6. The molecule has 1 aromatic heterocycles. The molecule has 4 heterocycles. The van der Waals surface area contributed by atoms with Crippen LogP contribution in [0, 0.1) is 0 Å². The van der Waals surface area contributed by atoms with Gasteiger partial charge in [-0.15, -0.1) is 0 Å². The zero-order chi connectivity index (χ0) is 27.4. The summed E-state index contributed by atoms with van der Waals surface area (Å²) < 4.78 is 35.0. The van der Waals surface area contributed by atoms with Gasteiger partial charge in [-0.2, -0.15) is 4.31 Å². The highest BCUT2D eigenvalue weighted by molar-refractivity contribution is 7.98. The second kappa shape index (κ2) is 9.86. The Hall–Kier alpha value is -2.48. The first-order chi connectivity index (χ1) is 18.7. The molecule has 3 aliphatic heterocycles. The molecule has 2 aromatic carbocycles. The number of thioether (sulfide) groups is 1. The van der Waals surface area contributed by atoms with Gasteiger partial charge in [-0.1, -0.05) is 35.5 Å². The molecule has 3 aromatic rings. The van der Waals surface area contributed by atoms with Crippen molar-refractivity contribution in [2.24, 2.45) is 0 Å². The molecule has 206 valence electrons. The molecule has 1 unspecified atom stereocenters. The van der Waals surface area contributed by atoms with E-state index in [0.717, 1.165) is 20.9 Å². The summed E-state index contributed by atoms with van der Waals surface area (Å²) in [7, 11) is -4.04. The van der Waals surface area contributed by atoms with Crippen LogP contribution in [0.2, 0.25) is 5.02 Å². The molecule has 0 bridgehead atoms. The second-order valence-electron chi connectivity index (χ2n) is 10.2. The van der Waals surface area contributed by atoms with Crippen LogP contribution < -0.4 is 4.90 Å². The van der Waals surface area contributed by atoms with Crippen molar-refractivity contribution in [2.45, 2.75) is 34.2 Å². The smallest absolute Gasteiger partial charge is 0.243 e. The number of anilines is 1. The predicted octanol–water partition coefficient (Wildman–Crippen LogP) is 2.60. The van der Waals surface area contributed by atoms with Crippen molar-refractivity contribution >= 4 is 55.9 Å². The lowest BCUT2D eigenvalue weighted by Gasteiger charge is -2.44. The Morgan fingerprint density at radius 2 is 1.85 bits per heavy atom. The SMILES string of the molecule is CSc1nccc(N2CCC3(CC2)CN2C(=O)CN(S(=O)(=O)c4ccc5cc(Cl)ccc5c4)CC2(CO)O3)n1. The van der Waals surface area contributed by atoms with Gasteiger partial charge in [0, 0.05) is 24.3 Å². The molecule has 13 heteroatoms. The number of piperazine rings is 1. The van der Waals surface area contributed by atoms with Crippen LogP contribution in [-0.2, 0) is 19.6 Å². The maximum atomic E-state index is 13.7. The van der Waals surface area contributed by atoms with Crippen molar-refractivity contribution in [1.82, 2.24) is 19.2 Å². The number of carbonyl (C=O) groups excluding carboxylic acids is 1. The Morgan fingerprint density at radius 1 is 1.10 bits per heavy atom. The fourth-order valence-corrected chi connectivity index (χ4v) is 7.77. The van der Waals surface area contributed by atoms with Crippen molar-refractivity contribution in [3.05, 3.63) is 53.7 Å². The molecule has 0 aliphatic carbocycles. The number of amides is 1. The summed E-state index contributed by atoms with van der Waals surface area (Å²) in [4.78, 5) is 25.9. The van der Waals surface area contributed by atoms with Crippen molar-refractivity contribution < 1.29 is 23.1 Å². The summed E-state index contributed by atoms with van der Waals surface area (Å²) in [5.74, 6) is 0.453. The maximum Gasteiger partial charge on any atom is 0.243 e. The molecule has 0 saturated carbocycles. The number of hydrogen-bond donors (Lipinski definition) is 1. The van der Waals surface area contributed by atoms with Crippen LogP contribution in [0.5, 0.6) is 0 Å². The zero-order valence-corrected chi connectivity index (χ0v) is 23.7. The summed E-state index contributed by atoms with van der Waals surface area (Å²) in [5.41, 5.74) is -2.11. The molecule has 3 saturated heterocycles. The standard InChI is InChI=1S/C26H28ClN5O5S2/c1-38-24-28-9-6-22(29-24)30-10-7-25(8-11-30)15-32-23(34)14-31(16-26(32,17-33)37-25)39(35,36)21-5-3-18-12-20(27)4-2-19(18)13-21/h2-6,9,12-13,33H,7-8,10-11,14-17H2,1H3. The highest BCUT2D eigenvalue weighted by Gasteiger charge is 2.60. The number of fused-ring (bicyclic) bond motifs is 2. The van der Waals surface area contributed by atoms with Gasteiger partial charge in [-0.3, -0.25) is 4.79 Å². The summed E-state index contributed by atoms with van der Waals surface area (Å²) in [6, 6.07) is 11.9. The van der Waals surface area contributed by atoms with E-state index in [0.29, 0.717) is 42.7 Å². The molecule has 1 N–H and O–H groups in total. The predicted molar refractivity (Wildman–Crippen MR) is 148 cm³/mol. The molecule has 3 aliphatic rings. The number of aliphatic hydroxyl groups is 1. The third kappa shape index (κ3) is 4.66. The van der Waals surface area contributed by atoms with Crippen LogP contribution in [0.4, 0.5) is 5.82 Å². The summed E-state index contributed by atoms with van der Waals surface area (Å²) in [6.45, 7) is 0.645. The molecule has 0 radical (unpaired) electrons. The lowest BCUT2D eigenvalue weighted by molar-refractivity contribution is -0.191. The molecule has 6 rings (SSSR count). The average Bonchev–Trinajstić information content (AvgIpc) is 3.28. The Labute approximate surface area is 236 Å². The second-order valence-corrected chi connectivity index (χ2v) is 13.3. The zero-order valence-electron chi connectivity index (χ0n) is 21.3. The maximum absolute atomic E-state index is 13.7. The van der Waals surface area contributed by atoms with Crippen molar-refractivity contribution in [3.63, 3.8) is 0 Å². The lowest BCUT2D eigenvalue weighted by Crippen LogP contribution is -2.65. The molecular formula is C26H28ClN5O5S2. The summed E-state index contributed by atoms with van der Waals surface area (Å²) in [6.07, 6.45) is 4.88. The van der Waals surface area contributed by atoms with E-state index in [1.165, 1.54) is 22.7 Å². The minimum atomic E-state index is -4.04. The molecule has 1 spiro atoms. The van der Waals surface area contributed by atoms with E-state index in [9.17, 15) is 18.3 Å². The third-order valence-corrected chi connectivity index (χ3v) is 10.4. The number of benzene rings is 2. The molecule has 10 nitrogen and oxygen atoms in total. The molecule has 1 amide bonds. The Morgan fingerprint density at radius 3 is 2.59 bits per heavy atom. The van der Waals surface area contributed by atoms with Gasteiger partial charge in [0.25, 0.3) is 0 Å². The number of nitrogens with zero attached hydrogens (tertiary/aromatic N) is 5. The van der Waals surface area contributed by atoms with Gasteiger partial charge in [0.2, 0.25) is 15.9 Å². The van der Waals surface area contributed by atoms with Crippen molar-refractivity contribution in [1.29, 1.82) is 0 Å². The fourth-order valence-electron chi connectivity index (χ4n) is 5.77. The van der Waals surface area contributed by atoms with E-state index in [4.69, 9.17) is 16.3 Å². The van der Waals surface area contributed by atoms with Crippen LogP contribution in [-0.4, -0.2) is 95.5 Å². The van der Waals surface area contributed by atoms with E-state index in [1.807, 2.05) is 12.3 Å². The summed E-state index contributed by atoms with van der Waals surface area (Å²) in [5, 5.41) is 13.3. The molecule has 39 heavy (non-hydrogen) atoms. The number of piperidine rings is 1. The van der Waals surface area contributed by atoms with Gasteiger partial charge in [0.05, 0.1) is 36.7 Å². The highest BCUT2D eigenvalue weighted by Crippen LogP contribution is 2.44. The van der Waals surface area contributed by atoms with Gasteiger partial charge < -0.3 is 19.6 Å². The number of halogens is 1. The average molecular weight is 590 g/mol. The minimum absolute atomic E-state index is 0.0714. The minimum Gasteiger partial charge on any atom is -0.391 e. The van der Waals surface area contributed by atoms with E-state index < -0.39 is 28.0 Å². The molecular weight excluding hydrogens is 562 g/mol. The number of aliphatic hydroxyl groups excluding tert-OH is 1. The van der Waals surface area contributed by atoms with Gasteiger partial charge in [-0.25, -0.2) is 18.4 Å². The number of sulfonamides is 1. The molecule has 1 atom stereocenters. The van der Waals surface area contributed by atoms with Crippen LogP contribution in [0.15, 0.2) is 58.7 Å². The van der Waals surface area contributed by atoms with Crippen LogP contribution >= 0.6 is 23.4 Å². The molecule has 3 fully saturated rings. The van der Waals surface area contributed by atoms with Crippen molar-refractivity contribution in [3.8, 4) is 0 Å². The Kier molecular flexibility index (Phi) is 6.76. The summed E-state index contributed by atoms with van der Waals surface area (Å²) >= 11 is 7.55. The number of rotatable bonds is 5. The third-order valence-electron chi connectivity index (χ3n) is 7.84. The number of hydrogen-bond acceptors (Lipinski definition) is 9. The Bertz CT molecular complexity index is 1550. The lowest BCUT2D eigenvalue weighted by atomic mass is 9.91. The normalized spacial score (nSPS) is 23.5. The highest BCUT2D eigenvalue weighted by atomic mass is 35.5. The van der Waals surface area contributed by atoms with E-state index in [-0.39, 0.29) is 23.9 Å². The van der Waals surface area contributed by atoms with E-state index in [2.05, 4.69) is 14.9 Å². The topological polar surface area (TPSA) is 116 Å². The Balaban J connectivity index is 1.23. The van der Waals surface area contributed by atoms with Gasteiger partial charge in [0.1, 0.15) is 5.82 Å². The largest absolute Gasteiger partial charge is 0.391 e. The van der Waals surface area contributed by atoms with Crippen molar-refractivity contribution in [2.75, 3.05) is 50.5 Å². The quantitative estimate of drug-likeness (QED) is 0.354. The number of aromatic nitrogens is 2. The van der Waals surface area contributed by atoms with Crippen LogP contribution in [0.3, 0.4) is 0 Å². The monoisotopic (exact) mass is 589 g/mol. The van der Waals surface area contributed by atoms with E-state index in [1.54, 1.807) is 36.5 Å². The number of ether oxygens (including phenoxy) is 1. The van der Waals surface area contributed by atoms with Gasteiger partial charge in [-0.05, 0) is 60.2 Å². The first-order valence-corrected chi connectivity index (χ1v) is 15.6. The van der Waals surface area contributed by atoms with E-state index >= 15 is 0 Å².